The van der Waals surface area contributed by atoms with E-state index in [1.54, 1.807) is 0 Å². The van der Waals surface area contributed by atoms with E-state index in [-0.39, 0.29) is 17.4 Å². The Labute approximate surface area is 73.5 Å². The van der Waals surface area contributed by atoms with Gasteiger partial charge in [-0.05, 0) is 6.92 Å². The molecule has 3 nitrogen and oxygen atoms in total. The van der Waals surface area contributed by atoms with Gasteiger partial charge >= 0.3 is 0 Å². The average Bonchev–Trinajstić information content (AvgIpc) is 2.15. The molecule has 1 unspecified atom stereocenters. The maximum absolute atomic E-state index is 11.2. The van der Waals surface area contributed by atoms with Gasteiger partial charge in [0.25, 0.3) is 5.91 Å². The number of carbonyl (C=O) groups is 1. The Morgan fingerprint density at radius 1 is 1.42 bits per heavy atom. The largest absolute Gasteiger partial charge is 0.351 e. The molecule has 0 bridgehead atoms. The van der Waals surface area contributed by atoms with Crippen molar-refractivity contribution in [3.8, 4) is 0 Å². The first-order valence-corrected chi connectivity index (χ1v) is 4.20. The highest BCUT2D eigenvalue weighted by molar-refractivity contribution is 6.05. The van der Waals surface area contributed by atoms with E-state index in [2.05, 4.69) is 25.8 Å². The van der Waals surface area contributed by atoms with E-state index in [9.17, 15) is 4.79 Å². The van der Waals surface area contributed by atoms with Crippen molar-refractivity contribution in [2.45, 2.75) is 33.7 Å². The van der Waals surface area contributed by atoms with Gasteiger partial charge in [0.1, 0.15) is 11.9 Å². The molecule has 68 valence electrons. The molecule has 0 aromatic rings. The highest BCUT2D eigenvalue weighted by Crippen LogP contribution is 2.24. The second kappa shape index (κ2) is 2.57. The molecule has 0 radical (unpaired) electrons. The van der Waals surface area contributed by atoms with Crippen molar-refractivity contribution in [2.75, 3.05) is 7.05 Å². The van der Waals surface area contributed by atoms with Crippen LogP contribution in [-0.2, 0) is 4.79 Å². The van der Waals surface area contributed by atoms with Gasteiger partial charge in [0.15, 0.2) is 0 Å². The smallest absolute Gasteiger partial charge is 0.269 e. The number of aliphatic imine (C=N–C) groups is 1. The quantitative estimate of drug-likeness (QED) is 0.546. The van der Waals surface area contributed by atoms with Crippen molar-refractivity contribution in [2.24, 2.45) is 10.4 Å². The molecule has 1 rings (SSSR count). The summed E-state index contributed by atoms with van der Waals surface area (Å²) in [6.45, 7) is 8.07. The first kappa shape index (κ1) is 9.23. The van der Waals surface area contributed by atoms with Crippen LogP contribution in [0.4, 0.5) is 0 Å². The van der Waals surface area contributed by atoms with Crippen LogP contribution in [-0.4, -0.2) is 29.7 Å². The van der Waals surface area contributed by atoms with E-state index in [4.69, 9.17) is 0 Å². The third-order valence-electron chi connectivity index (χ3n) is 2.16. The third-order valence-corrected chi connectivity index (χ3v) is 2.16. The van der Waals surface area contributed by atoms with E-state index < -0.39 is 0 Å². The van der Waals surface area contributed by atoms with Gasteiger partial charge < -0.3 is 4.90 Å². The fraction of sp³-hybridized carbons (Fsp3) is 0.778. The minimum atomic E-state index is -0.0841. The normalized spacial score (nSPS) is 24.8. The second-order valence-corrected chi connectivity index (χ2v) is 4.31. The molecular formula is C9H16N2O. The number of nitrogens with zero attached hydrogens (tertiary/aromatic N) is 2. The summed E-state index contributed by atoms with van der Waals surface area (Å²) >= 11 is 0. The van der Waals surface area contributed by atoms with Gasteiger partial charge in [0.05, 0.1) is 0 Å². The van der Waals surface area contributed by atoms with E-state index in [0.717, 1.165) is 5.84 Å². The number of amidine groups is 1. The topological polar surface area (TPSA) is 32.7 Å². The van der Waals surface area contributed by atoms with Gasteiger partial charge in [-0.3, -0.25) is 4.79 Å². The molecule has 0 aliphatic carbocycles. The van der Waals surface area contributed by atoms with Crippen LogP contribution in [0.5, 0.6) is 0 Å². The Kier molecular flexibility index (Phi) is 1.98. The van der Waals surface area contributed by atoms with Gasteiger partial charge in [0, 0.05) is 12.5 Å². The fourth-order valence-corrected chi connectivity index (χ4v) is 1.32. The Morgan fingerprint density at radius 2 is 1.92 bits per heavy atom. The average molecular weight is 168 g/mol. The first-order valence-electron chi connectivity index (χ1n) is 4.20. The number of likely N-dealkylation sites (N-methyl/N-ethyl adjacent to an activating group) is 1. The summed E-state index contributed by atoms with van der Waals surface area (Å²) in [6, 6.07) is -0.0841. The summed E-state index contributed by atoms with van der Waals surface area (Å²) in [5.41, 5.74) is -0.0326. The maximum atomic E-state index is 11.2. The minimum absolute atomic E-state index is 0.0255. The molecule has 0 aromatic carbocycles. The number of rotatable bonds is 0. The van der Waals surface area contributed by atoms with Crippen LogP contribution in [0.1, 0.15) is 27.7 Å². The molecule has 0 saturated heterocycles. The lowest BCUT2D eigenvalue weighted by molar-refractivity contribution is -0.119. The summed E-state index contributed by atoms with van der Waals surface area (Å²) in [4.78, 5) is 17.2. The zero-order chi connectivity index (χ0) is 9.52. The fourth-order valence-electron chi connectivity index (χ4n) is 1.32. The summed E-state index contributed by atoms with van der Waals surface area (Å²) < 4.78 is 0. The molecule has 0 N–H and O–H groups in total. The van der Waals surface area contributed by atoms with Crippen molar-refractivity contribution in [1.82, 2.24) is 4.90 Å². The molecule has 0 fully saturated rings. The van der Waals surface area contributed by atoms with E-state index in [1.165, 1.54) is 0 Å². The monoisotopic (exact) mass is 168 g/mol. The van der Waals surface area contributed by atoms with E-state index in [0.29, 0.717) is 0 Å². The lowest BCUT2D eigenvalue weighted by Gasteiger charge is -2.27. The first-order chi connectivity index (χ1) is 5.34. The van der Waals surface area contributed by atoms with Crippen LogP contribution in [0.25, 0.3) is 0 Å². The van der Waals surface area contributed by atoms with Crippen molar-refractivity contribution in [1.29, 1.82) is 0 Å². The SMILES string of the molecule is CC1C(=O)N=C(C(C)(C)C)N1C. The maximum Gasteiger partial charge on any atom is 0.269 e. The summed E-state index contributed by atoms with van der Waals surface area (Å²) in [5.74, 6) is 0.863. The van der Waals surface area contributed by atoms with Gasteiger partial charge in [0.2, 0.25) is 0 Å². The molecule has 12 heavy (non-hydrogen) atoms. The second-order valence-electron chi connectivity index (χ2n) is 4.31. The predicted octanol–water partition coefficient (Wildman–Crippen LogP) is 1.29. The Hall–Kier alpha value is -0.860. The standard InChI is InChI=1S/C9H16N2O/c1-6-7(12)10-8(11(6)5)9(2,3)4/h6H,1-5H3. The Morgan fingerprint density at radius 3 is 2.08 bits per heavy atom. The van der Waals surface area contributed by atoms with Crippen LogP contribution in [0.15, 0.2) is 4.99 Å². The van der Waals surface area contributed by atoms with E-state index in [1.807, 2.05) is 18.9 Å². The molecule has 1 heterocycles. The van der Waals surface area contributed by atoms with Crippen molar-refractivity contribution < 1.29 is 4.79 Å². The predicted molar refractivity (Wildman–Crippen MR) is 49.1 cm³/mol. The molecule has 0 aromatic heterocycles. The number of hydrogen-bond acceptors (Lipinski definition) is 2. The van der Waals surface area contributed by atoms with Crippen molar-refractivity contribution in [3.05, 3.63) is 0 Å². The molecule has 1 atom stereocenters. The van der Waals surface area contributed by atoms with Gasteiger partial charge in [-0.2, -0.15) is 4.99 Å². The zero-order valence-corrected chi connectivity index (χ0v) is 8.38. The van der Waals surface area contributed by atoms with E-state index >= 15 is 0 Å². The zero-order valence-electron chi connectivity index (χ0n) is 8.38. The highest BCUT2D eigenvalue weighted by atomic mass is 16.2. The molecule has 1 amide bonds. The van der Waals surface area contributed by atoms with Gasteiger partial charge in [-0.25, -0.2) is 0 Å². The lowest BCUT2D eigenvalue weighted by atomic mass is 9.94. The van der Waals surface area contributed by atoms with Crippen molar-refractivity contribution >= 4 is 11.7 Å². The molecule has 0 spiro atoms. The third kappa shape index (κ3) is 1.36. The Bertz CT molecular complexity index is 237. The molecule has 1 aliphatic heterocycles. The summed E-state index contributed by atoms with van der Waals surface area (Å²) in [6.07, 6.45) is 0. The number of amides is 1. The Balaban J connectivity index is 2.95. The highest BCUT2D eigenvalue weighted by Gasteiger charge is 2.34. The molecule has 0 saturated carbocycles. The van der Waals surface area contributed by atoms with Gasteiger partial charge in [-0.15, -0.1) is 0 Å². The van der Waals surface area contributed by atoms with Gasteiger partial charge in [-0.1, -0.05) is 20.8 Å². The molecule has 1 aliphatic rings. The van der Waals surface area contributed by atoms with Crippen LogP contribution in [0.2, 0.25) is 0 Å². The van der Waals surface area contributed by atoms with Crippen LogP contribution in [0.3, 0.4) is 0 Å². The summed E-state index contributed by atoms with van der Waals surface area (Å²) in [5, 5.41) is 0. The minimum Gasteiger partial charge on any atom is -0.351 e. The number of hydrogen-bond donors (Lipinski definition) is 0. The number of carbonyl (C=O) groups excluding carboxylic acids is 1. The lowest BCUT2D eigenvalue weighted by Crippen LogP contribution is -2.38. The molecule has 3 heteroatoms. The van der Waals surface area contributed by atoms with Crippen LogP contribution in [0, 0.1) is 5.41 Å². The van der Waals surface area contributed by atoms with Crippen LogP contribution >= 0.6 is 0 Å². The summed E-state index contributed by atoms with van der Waals surface area (Å²) in [7, 11) is 1.92. The van der Waals surface area contributed by atoms with Crippen molar-refractivity contribution in [3.63, 3.8) is 0 Å². The van der Waals surface area contributed by atoms with Crippen LogP contribution < -0.4 is 0 Å². The molecular weight excluding hydrogens is 152 g/mol.